The van der Waals surface area contributed by atoms with Crippen molar-refractivity contribution in [2.75, 3.05) is 6.61 Å². The van der Waals surface area contributed by atoms with Crippen LogP contribution in [0.15, 0.2) is 37.0 Å². The number of aromatic nitrogens is 1. The lowest BCUT2D eigenvalue weighted by Gasteiger charge is -2.09. The van der Waals surface area contributed by atoms with Gasteiger partial charge in [-0.05, 0) is 38.1 Å². The summed E-state index contributed by atoms with van der Waals surface area (Å²) in [5, 5.41) is 10.5. The van der Waals surface area contributed by atoms with Gasteiger partial charge in [-0.2, -0.15) is 0 Å². The van der Waals surface area contributed by atoms with E-state index in [0.717, 1.165) is 16.8 Å². The maximum atomic E-state index is 9.87. The average molecular weight is 292 g/mol. The zero-order valence-corrected chi connectivity index (χ0v) is 12.4. The maximum absolute atomic E-state index is 9.87. The molecule has 0 spiro atoms. The highest BCUT2D eigenvalue weighted by Crippen LogP contribution is 2.24. The summed E-state index contributed by atoms with van der Waals surface area (Å²) in [6.07, 6.45) is 1.97. The number of phenols is 1. The fourth-order valence-electron chi connectivity index (χ4n) is 2.06. The van der Waals surface area contributed by atoms with Crippen LogP contribution in [-0.2, 0) is 11.3 Å². The average Bonchev–Trinajstić information content (AvgIpc) is 2.76. The lowest BCUT2D eigenvalue weighted by molar-refractivity contribution is 0.299. The Hall–Kier alpha value is -1.87. The first-order valence-electron chi connectivity index (χ1n) is 6.47. The number of phenolic OH excluding ortho intramolecular Hbond substituents is 1. The minimum Gasteiger partial charge on any atom is -0.508 e. The van der Waals surface area contributed by atoms with Gasteiger partial charge in [0.25, 0.3) is 0 Å². The van der Waals surface area contributed by atoms with E-state index in [2.05, 4.69) is 6.58 Å². The molecule has 1 aromatic carbocycles. The lowest BCUT2D eigenvalue weighted by atomic mass is 10.2. The van der Waals surface area contributed by atoms with Crippen LogP contribution in [0.1, 0.15) is 23.7 Å². The van der Waals surface area contributed by atoms with Gasteiger partial charge < -0.3 is 14.4 Å². The molecule has 0 aliphatic heterocycles. The number of halogens is 1. The van der Waals surface area contributed by atoms with E-state index < -0.39 is 0 Å². The summed E-state index contributed by atoms with van der Waals surface area (Å²) in [4.78, 5) is 0. The van der Waals surface area contributed by atoms with Crippen molar-refractivity contribution in [3.05, 3.63) is 58.9 Å². The fraction of sp³-hybridized carbons (Fsp3) is 0.250. The van der Waals surface area contributed by atoms with Crippen LogP contribution in [0.4, 0.5) is 0 Å². The second-order valence-electron chi connectivity index (χ2n) is 4.63. The van der Waals surface area contributed by atoms with Crippen molar-refractivity contribution >= 4 is 17.4 Å². The summed E-state index contributed by atoms with van der Waals surface area (Å²) in [6, 6.07) is 7.06. The first-order valence-corrected chi connectivity index (χ1v) is 6.85. The Kier molecular flexibility index (Phi) is 4.40. The van der Waals surface area contributed by atoms with Gasteiger partial charge in [-0.1, -0.05) is 18.2 Å². The van der Waals surface area contributed by atoms with Gasteiger partial charge in [-0.3, -0.25) is 0 Å². The van der Waals surface area contributed by atoms with E-state index in [-0.39, 0.29) is 5.75 Å². The molecule has 1 aromatic heterocycles. The SMILES string of the molecule is C=C(OCC)c1cc(C)n(Cc2cc(Cl)ccc2O)c1. The van der Waals surface area contributed by atoms with Gasteiger partial charge in [0.15, 0.2) is 0 Å². The van der Waals surface area contributed by atoms with Gasteiger partial charge in [-0.25, -0.2) is 0 Å². The second kappa shape index (κ2) is 6.06. The van der Waals surface area contributed by atoms with Crippen LogP contribution in [0.25, 0.3) is 5.76 Å². The van der Waals surface area contributed by atoms with Crippen molar-refractivity contribution in [1.82, 2.24) is 4.57 Å². The summed E-state index contributed by atoms with van der Waals surface area (Å²) in [7, 11) is 0. The normalized spacial score (nSPS) is 10.6. The van der Waals surface area contributed by atoms with E-state index >= 15 is 0 Å². The van der Waals surface area contributed by atoms with Crippen LogP contribution in [0, 0.1) is 6.92 Å². The molecule has 3 nitrogen and oxygen atoms in total. The number of aryl methyl sites for hydroxylation is 1. The van der Waals surface area contributed by atoms with Crippen molar-refractivity contribution in [1.29, 1.82) is 0 Å². The molecule has 2 aromatic rings. The maximum Gasteiger partial charge on any atom is 0.120 e. The number of nitrogens with zero attached hydrogens (tertiary/aromatic N) is 1. The van der Waals surface area contributed by atoms with Gasteiger partial charge in [0.1, 0.15) is 11.5 Å². The molecule has 106 valence electrons. The van der Waals surface area contributed by atoms with E-state index in [1.54, 1.807) is 18.2 Å². The summed E-state index contributed by atoms with van der Waals surface area (Å²) in [6.45, 7) is 8.98. The third-order valence-corrected chi connectivity index (χ3v) is 3.37. The highest BCUT2D eigenvalue weighted by atomic mass is 35.5. The molecule has 0 aliphatic carbocycles. The van der Waals surface area contributed by atoms with Crippen molar-refractivity contribution in [2.45, 2.75) is 20.4 Å². The number of rotatable bonds is 5. The number of hydrogen-bond acceptors (Lipinski definition) is 2. The van der Waals surface area contributed by atoms with Crippen LogP contribution in [0.2, 0.25) is 5.02 Å². The molecule has 0 saturated carbocycles. The van der Waals surface area contributed by atoms with Crippen molar-refractivity contribution < 1.29 is 9.84 Å². The molecule has 0 fully saturated rings. The van der Waals surface area contributed by atoms with E-state index in [9.17, 15) is 5.11 Å². The van der Waals surface area contributed by atoms with Crippen molar-refractivity contribution in [2.24, 2.45) is 0 Å². The Morgan fingerprint density at radius 1 is 1.40 bits per heavy atom. The topological polar surface area (TPSA) is 34.4 Å². The van der Waals surface area contributed by atoms with E-state index in [4.69, 9.17) is 16.3 Å². The fourth-order valence-corrected chi connectivity index (χ4v) is 2.25. The summed E-state index contributed by atoms with van der Waals surface area (Å²) in [5.41, 5.74) is 2.80. The first kappa shape index (κ1) is 14.5. The molecule has 4 heteroatoms. The van der Waals surface area contributed by atoms with Crippen LogP contribution < -0.4 is 0 Å². The van der Waals surface area contributed by atoms with E-state index in [1.807, 2.05) is 30.7 Å². The van der Waals surface area contributed by atoms with Crippen molar-refractivity contribution in [3.63, 3.8) is 0 Å². The summed E-state index contributed by atoms with van der Waals surface area (Å²) in [5.74, 6) is 0.900. The highest BCUT2D eigenvalue weighted by Gasteiger charge is 2.09. The summed E-state index contributed by atoms with van der Waals surface area (Å²) >= 11 is 5.97. The molecule has 0 unspecified atom stereocenters. The zero-order valence-electron chi connectivity index (χ0n) is 11.7. The van der Waals surface area contributed by atoms with Gasteiger partial charge in [0.05, 0.1) is 13.2 Å². The smallest absolute Gasteiger partial charge is 0.120 e. The minimum atomic E-state index is 0.243. The Morgan fingerprint density at radius 3 is 2.85 bits per heavy atom. The third kappa shape index (κ3) is 3.17. The number of aromatic hydroxyl groups is 1. The zero-order chi connectivity index (χ0) is 14.7. The molecule has 1 heterocycles. The molecule has 0 atom stereocenters. The molecule has 0 aliphatic rings. The number of benzene rings is 1. The molecule has 0 amide bonds. The van der Waals surface area contributed by atoms with Crippen LogP contribution in [0.3, 0.4) is 0 Å². The third-order valence-electron chi connectivity index (χ3n) is 3.14. The largest absolute Gasteiger partial charge is 0.508 e. The molecule has 2 rings (SSSR count). The molecule has 1 N–H and O–H groups in total. The molecular formula is C16H18ClNO2. The molecule has 20 heavy (non-hydrogen) atoms. The van der Waals surface area contributed by atoms with Gasteiger partial charge in [-0.15, -0.1) is 0 Å². The Labute approximate surface area is 124 Å². The predicted molar refractivity (Wildman–Crippen MR) is 82.0 cm³/mol. The van der Waals surface area contributed by atoms with Crippen molar-refractivity contribution in [3.8, 4) is 5.75 Å². The Balaban J connectivity index is 2.25. The van der Waals surface area contributed by atoms with Crippen LogP contribution >= 0.6 is 11.6 Å². The van der Waals surface area contributed by atoms with E-state index in [0.29, 0.717) is 23.9 Å². The van der Waals surface area contributed by atoms with Crippen LogP contribution in [-0.4, -0.2) is 16.3 Å². The Bertz CT molecular complexity index is 631. The van der Waals surface area contributed by atoms with Crippen LogP contribution in [0.5, 0.6) is 5.75 Å². The van der Waals surface area contributed by atoms with E-state index in [1.165, 1.54) is 0 Å². The van der Waals surface area contributed by atoms with Gasteiger partial charge in [0.2, 0.25) is 0 Å². The molecular weight excluding hydrogens is 274 g/mol. The summed E-state index contributed by atoms with van der Waals surface area (Å²) < 4.78 is 7.44. The monoisotopic (exact) mass is 291 g/mol. The van der Waals surface area contributed by atoms with Gasteiger partial charge >= 0.3 is 0 Å². The number of ether oxygens (including phenoxy) is 1. The number of hydrogen-bond donors (Lipinski definition) is 1. The Morgan fingerprint density at radius 2 is 2.15 bits per heavy atom. The first-order chi connectivity index (χ1) is 9.51. The second-order valence-corrected chi connectivity index (χ2v) is 5.06. The minimum absolute atomic E-state index is 0.243. The standard InChI is InChI=1S/C16H18ClNO2/c1-4-20-12(3)13-7-11(2)18(9-13)10-14-8-15(17)5-6-16(14)19/h5-9,19H,3-4,10H2,1-2H3. The lowest BCUT2D eigenvalue weighted by Crippen LogP contribution is -2.00. The highest BCUT2D eigenvalue weighted by molar-refractivity contribution is 6.30. The predicted octanol–water partition coefficient (Wildman–Crippen LogP) is 4.21. The molecule has 0 bridgehead atoms. The quantitative estimate of drug-likeness (QED) is 0.837. The van der Waals surface area contributed by atoms with Gasteiger partial charge in [0, 0.05) is 28.0 Å². The molecule has 0 radical (unpaired) electrons. The molecule has 0 saturated heterocycles.